The minimum absolute atomic E-state index is 0.0659. The Labute approximate surface area is 247 Å². The maximum absolute atomic E-state index is 13.1. The summed E-state index contributed by atoms with van der Waals surface area (Å²) in [5.41, 5.74) is 3.00. The third-order valence-corrected chi connectivity index (χ3v) is 7.17. The number of carbonyl (C=O) groups is 2. The number of nitrogens with one attached hydrogen (secondary N) is 1. The molecule has 1 unspecified atom stereocenters. The molecule has 0 aliphatic heterocycles. The minimum Gasteiger partial charge on any atom is -0.463 e. The van der Waals surface area contributed by atoms with E-state index in [-0.39, 0.29) is 22.8 Å². The number of non-ortho nitro benzene ring substituents is 1. The van der Waals surface area contributed by atoms with Gasteiger partial charge in [0, 0.05) is 23.1 Å². The summed E-state index contributed by atoms with van der Waals surface area (Å²) in [6, 6.07) is 17.8. The van der Waals surface area contributed by atoms with Crippen LogP contribution in [0.3, 0.4) is 0 Å². The molecule has 4 aromatic heterocycles. The van der Waals surface area contributed by atoms with Crippen LogP contribution >= 0.6 is 11.3 Å². The zero-order chi connectivity index (χ0) is 29.9. The summed E-state index contributed by atoms with van der Waals surface area (Å²) in [6.07, 6.45) is 2.18. The van der Waals surface area contributed by atoms with Gasteiger partial charge in [-0.15, -0.1) is 11.3 Å². The number of nitro benzene ring substituents is 1. The Morgan fingerprint density at radius 1 is 0.953 bits per heavy atom. The second-order valence-electron chi connectivity index (χ2n) is 9.22. The number of aromatic nitrogens is 3. The van der Waals surface area contributed by atoms with Crippen molar-refractivity contribution in [2.45, 2.75) is 19.4 Å². The zero-order valence-corrected chi connectivity index (χ0v) is 23.2. The molecule has 0 saturated heterocycles. The molecule has 0 bridgehead atoms. The highest BCUT2D eigenvalue weighted by Gasteiger charge is 2.24. The monoisotopic (exact) mass is 595 g/mol. The predicted octanol–water partition coefficient (Wildman–Crippen LogP) is 6.76. The normalized spacial score (nSPS) is 11.7. The van der Waals surface area contributed by atoms with Crippen molar-refractivity contribution in [1.29, 1.82) is 0 Å². The van der Waals surface area contributed by atoms with Crippen LogP contribution in [0.15, 0.2) is 93.5 Å². The number of thiazole rings is 1. The van der Waals surface area contributed by atoms with Crippen LogP contribution in [0.4, 0.5) is 10.8 Å². The third-order valence-electron chi connectivity index (χ3n) is 6.41. The van der Waals surface area contributed by atoms with Crippen LogP contribution in [0.1, 0.15) is 23.7 Å². The molecule has 1 N–H and O–H groups in total. The number of nitrogens with zero attached hydrogens (tertiary/aromatic N) is 4. The molecule has 1 atom stereocenters. The van der Waals surface area contributed by atoms with Crippen molar-refractivity contribution in [3.8, 4) is 34.2 Å². The highest BCUT2D eigenvalue weighted by atomic mass is 32.1. The number of ether oxygens (including phenoxy) is 1. The van der Waals surface area contributed by atoms with Gasteiger partial charge < -0.3 is 13.6 Å². The number of amides is 1. The van der Waals surface area contributed by atoms with E-state index in [9.17, 15) is 19.7 Å². The highest BCUT2D eigenvalue weighted by Crippen LogP contribution is 2.32. The number of esters is 1. The first kappa shape index (κ1) is 27.5. The fourth-order valence-corrected chi connectivity index (χ4v) is 5.02. The topological polar surface area (TPSA) is 163 Å². The van der Waals surface area contributed by atoms with Crippen LogP contribution in [0.5, 0.6) is 0 Å². The molecule has 4 heterocycles. The first-order valence-electron chi connectivity index (χ1n) is 13.0. The van der Waals surface area contributed by atoms with Crippen molar-refractivity contribution in [2.24, 2.45) is 0 Å². The number of benzene rings is 2. The van der Waals surface area contributed by atoms with Crippen LogP contribution in [0, 0.1) is 10.1 Å². The Morgan fingerprint density at radius 2 is 1.67 bits per heavy atom. The maximum Gasteiger partial charge on any atom is 0.338 e. The molecule has 2 aromatic carbocycles. The lowest BCUT2D eigenvalue weighted by molar-refractivity contribution is -0.384. The first-order chi connectivity index (χ1) is 20.9. The number of nitro groups is 1. The number of rotatable bonds is 9. The van der Waals surface area contributed by atoms with Crippen molar-refractivity contribution < 1.29 is 28.1 Å². The standard InChI is InChI=1S/C30H21N5O7S/c1-2-23(28(36)34-30-33-22(16-43-30)17-6-3-7-19(14-17)35(38)39)42-29(37)18-10-11-20-21(15-18)32-27(25-9-5-13-41-25)26(31-20)24-8-4-12-40-24/h3-16,23H,2H2,1H3,(H,33,34,36). The Kier molecular flexibility index (Phi) is 7.45. The molecular weight excluding hydrogens is 574 g/mol. The lowest BCUT2D eigenvalue weighted by Crippen LogP contribution is -2.32. The molecule has 214 valence electrons. The number of hydrogen-bond donors (Lipinski definition) is 1. The molecule has 0 aliphatic rings. The average molecular weight is 596 g/mol. The summed E-state index contributed by atoms with van der Waals surface area (Å²) >= 11 is 1.15. The fourth-order valence-electron chi connectivity index (χ4n) is 4.30. The second-order valence-corrected chi connectivity index (χ2v) is 10.1. The summed E-state index contributed by atoms with van der Waals surface area (Å²) in [4.78, 5) is 50.4. The van der Waals surface area contributed by atoms with E-state index in [4.69, 9.17) is 23.5 Å². The number of furan rings is 2. The van der Waals surface area contributed by atoms with E-state index < -0.39 is 22.9 Å². The smallest absolute Gasteiger partial charge is 0.338 e. The molecule has 13 heteroatoms. The largest absolute Gasteiger partial charge is 0.463 e. The van der Waals surface area contributed by atoms with Gasteiger partial charge in [-0.05, 0) is 48.9 Å². The van der Waals surface area contributed by atoms with Gasteiger partial charge in [-0.2, -0.15) is 0 Å². The van der Waals surface area contributed by atoms with Gasteiger partial charge in [-0.1, -0.05) is 19.1 Å². The summed E-state index contributed by atoms with van der Waals surface area (Å²) < 4.78 is 16.7. The van der Waals surface area contributed by atoms with Gasteiger partial charge in [0.1, 0.15) is 11.4 Å². The predicted molar refractivity (Wildman–Crippen MR) is 157 cm³/mol. The molecule has 12 nitrogen and oxygen atoms in total. The lowest BCUT2D eigenvalue weighted by atomic mass is 10.1. The van der Waals surface area contributed by atoms with Crippen LogP contribution < -0.4 is 5.32 Å². The van der Waals surface area contributed by atoms with Gasteiger partial charge in [-0.3, -0.25) is 20.2 Å². The number of carbonyl (C=O) groups excluding carboxylic acids is 2. The molecule has 6 aromatic rings. The minimum atomic E-state index is -1.10. The Morgan fingerprint density at radius 3 is 2.33 bits per heavy atom. The number of fused-ring (bicyclic) bond motifs is 1. The maximum atomic E-state index is 13.1. The van der Waals surface area contributed by atoms with E-state index in [0.717, 1.165) is 11.3 Å². The van der Waals surface area contributed by atoms with E-state index in [1.165, 1.54) is 24.7 Å². The van der Waals surface area contributed by atoms with E-state index in [1.807, 2.05) is 0 Å². The van der Waals surface area contributed by atoms with Crippen LogP contribution in [0.2, 0.25) is 0 Å². The Hall–Kier alpha value is -5.69. The summed E-state index contributed by atoms with van der Waals surface area (Å²) in [7, 11) is 0. The van der Waals surface area contributed by atoms with Crippen LogP contribution in [-0.4, -0.2) is 37.9 Å². The van der Waals surface area contributed by atoms with Crippen molar-refractivity contribution in [3.63, 3.8) is 0 Å². The molecule has 0 saturated carbocycles. The zero-order valence-electron chi connectivity index (χ0n) is 22.4. The van der Waals surface area contributed by atoms with Crippen molar-refractivity contribution in [1.82, 2.24) is 15.0 Å². The summed E-state index contributed by atoms with van der Waals surface area (Å²) in [5, 5.41) is 15.7. The van der Waals surface area contributed by atoms with Crippen molar-refractivity contribution >= 4 is 45.1 Å². The average Bonchev–Trinajstić information content (AvgIpc) is 3.82. The Balaban J connectivity index is 1.19. The molecule has 0 radical (unpaired) electrons. The van der Waals surface area contributed by atoms with E-state index in [1.54, 1.807) is 66.9 Å². The molecule has 6 rings (SSSR count). The van der Waals surface area contributed by atoms with Crippen LogP contribution in [-0.2, 0) is 9.53 Å². The first-order valence-corrected chi connectivity index (χ1v) is 13.9. The van der Waals surface area contributed by atoms with Gasteiger partial charge in [0.2, 0.25) is 0 Å². The summed E-state index contributed by atoms with van der Waals surface area (Å²) in [6.45, 7) is 1.71. The molecule has 43 heavy (non-hydrogen) atoms. The highest BCUT2D eigenvalue weighted by molar-refractivity contribution is 7.14. The molecular formula is C30H21N5O7S. The van der Waals surface area contributed by atoms with Gasteiger partial charge in [0.25, 0.3) is 11.6 Å². The second kappa shape index (κ2) is 11.7. The van der Waals surface area contributed by atoms with Gasteiger partial charge in [-0.25, -0.2) is 19.7 Å². The van der Waals surface area contributed by atoms with E-state index in [0.29, 0.717) is 45.2 Å². The van der Waals surface area contributed by atoms with E-state index >= 15 is 0 Å². The van der Waals surface area contributed by atoms with Crippen molar-refractivity contribution in [3.05, 3.63) is 100 Å². The number of hydrogen-bond acceptors (Lipinski definition) is 11. The van der Waals surface area contributed by atoms with Crippen molar-refractivity contribution in [2.75, 3.05) is 5.32 Å². The van der Waals surface area contributed by atoms with E-state index in [2.05, 4.69) is 10.3 Å². The Bertz CT molecular complexity index is 1950. The molecule has 0 aliphatic carbocycles. The molecule has 0 spiro atoms. The number of anilines is 1. The van der Waals surface area contributed by atoms with Gasteiger partial charge >= 0.3 is 5.97 Å². The summed E-state index contributed by atoms with van der Waals surface area (Å²) in [5.74, 6) is -0.276. The third kappa shape index (κ3) is 5.74. The fraction of sp³-hybridized carbons (Fsp3) is 0.100. The molecule has 0 fully saturated rings. The van der Waals surface area contributed by atoms with Gasteiger partial charge in [0.15, 0.2) is 22.8 Å². The van der Waals surface area contributed by atoms with Crippen LogP contribution in [0.25, 0.3) is 45.2 Å². The quantitative estimate of drug-likeness (QED) is 0.107. The van der Waals surface area contributed by atoms with Gasteiger partial charge in [0.05, 0.1) is 39.7 Å². The SMILES string of the molecule is CCC(OC(=O)c1ccc2nc(-c3ccco3)c(-c3ccco3)nc2c1)C(=O)Nc1nc(-c2cccc([N+](=O)[O-])c2)cs1. The lowest BCUT2D eigenvalue weighted by Gasteiger charge is -2.15. The molecule has 1 amide bonds.